The molecule has 90 valence electrons. The van der Waals surface area contributed by atoms with Gasteiger partial charge in [0.2, 0.25) is 0 Å². The normalized spacial score (nSPS) is 10.1. The molecule has 0 amide bonds. The molecule has 0 unspecified atom stereocenters. The van der Waals surface area contributed by atoms with Gasteiger partial charge in [0.05, 0.1) is 0 Å². The van der Waals surface area contributed by atoms with Crippen LogP contribution in [0.4, 0.5) is 0 Å². The first-order valence-electron chi connectivity index (χ1n) is 6.10. The summed E-state index contributed by atoms with van der Waals surface area (Å²) in [6.07, 6.45) is 1.90. The van der Waals surface area contributed by atoms with Gasteiger partial charge in [-0.15, -0.1) is 0 Å². The average molecular weight is 236 g/mol. The van der Waals surface area contributed by atoms with Crippen molar-refractivity contribution in [2.45, 2.75) is 6.92 Å². The predicted molar refractivity (Wildman–Crippen MR) is 74.8 cm³/mol. The molecule has 0 saturated carbocycles. The first kappa shape index (κ1) is 12.6. The van der Waals surface area contributed by atoms with E-state index in [1.165, 1.54) is 0 Å². The third kappa shape index (κ3) is 3.31. The molecule has 2 aromatic carbocycles. The Kier molecular flexibility index (Phi) is 4.74. The molecule has 2 radical (unpaired) electrons. The Balaban J connectivity index is 2.33. The fraction of sp³-hybridized carbons (Fsp3) is 0.118. The summed E-state index contributed by atoms with van der Waals surface area (Å²) in [4.78, 5) is 0. The lowest BCUT2D eigenvalue weighted by Crippen LogP contribution is -1.90. The molecular weight excluding hydrogens is 220 g/mol. The smallest absolute Gasteiger partial charge is 0.159 e. The highest BCUT2D eigenvalue weighted by molar-refractivity contribution is 5.80. The fourth-order valence-corrected chi connectivity index (χ4v) is 1.75. The zero-order valence-corrected chi connectivity index (χ0v) is 10.5. The van der Waals surface area contributed by atoms with Crippen molar-refractivity contribution in [2.75, 3.05) is 6.61 Å². The average Bonchev–Trinajstić information content (AvgIpc) is 2.46. The highest BCUT2D eigenvalue weighted by Crippen LogP contribution is 2.23. The van der Waals surface area contributed by atoms with E-state index >= 15 is 0 Å². The van der Waals surface area contributed by atoms with Crippen molar-refractivity contribution in [2.24, 2.45) is 0 Å². The van der Waals surface area contributed by atoms with Crippen molar-refractivity contribution in [3.05, 3.63) is 84.5 Å². The molecule has 18 heavy (non-hydrogen) atoms. The van der Waals surface area contributed by atoms with Crippen molar-refractivity contribution < 1.29 is 4.74 Å². The van der Waals surface area contributed by atoms with Gasteiger partial charge >= 0.3 is 0 Å². The molecule has 0 fully saturated rings. The molecule has 1 heteroatoms. The highest BCUT2D eigenvalue weighted by atomic mass is 16.5. The van der Waals surface area contributed by atoms with Gasteiger partial charge in [-0.3, -0.25) is 0 Å². The fourth-order valence-electron chi connectivity index (χ4n) is 1.75. The van der Waals surface area contributed by atoms with Crippen LogP contribution in [0.2, 0.25) is 0 Å². The SMILES string of the molecule is CCO[C]C=C(c1ccccc1)c1ccccc1. The van der Waals surface area contributed by atoms with E-state index in [0.29, 0.717) is 6.61 Å². The van der Waals surface area contributed by atoms with E-state index in [9.17, 15) is 0 Å². The number of hydrogen-bond acceptors (Lipinski definition) is 1. The summed E-state index contributed by atoms with van der Waals surface area (Å²) in [6.45, 7) is 5.45. The second kappa shape index (κ2) is 6.77. The molecule has 0 aromatic heterocycles. The molecule has 0 atom stereocenters. The van der Waals surface area contributed by atoms with Crippen LogP contribution in [-0.2, 0) is 4.74 Å². The van der Waals surface area contributed by atoms with E-state index in [1.54, 1.807) is 0 Å². The summed E-state index contributed by atoms with van der Waals surface area (Å²) >= 11 is 0. The maximum absolute atomic E-state index is 5.18. The van der Waals surface area contributed by atoms with Gasteiger partial charge in [0.1, 0.15) is 0 Å². The molecule has 0 spiro atoms. The van der Waals surface area contributed by atoms with Crippen LogP contribution in [0.3, 0.4) is 0 Å². The first-order valence-corrected chi connectivity index (χ1v) is 6.10. The van der Waals surface area contributed by atoms with Gasteiger partial charge in [0.15, 0.2) is 6.61 Å². The molecule has 0 saturated heterocycles. The maximum Gasteiger partial charge on any atom is 0.159 e. The minimum Gasteiger partial charge on any atom is -0.364 e. The van der Waals surface area contributed by atoms with Gasteiger partial charge in [-0.2, -0.15) is 0 Å². The number of rotatable bonds is 5. The lowest BCUT2D eigenvalue weighted by molar-refractivity contribution is 0.233. The highest BCUT2D eigenvalue weighted by Gasteiger charge is 2.03. The van der Waals surface area contributed by atoms with Crippen LogP contribution in [0, 0.1) is 6.61 Å². The largest absolute Gasteiger partial charge is 0.364 e. The Labute approximate surface area is 109 Å². The van der Waals surface area contributed by atoms with E-state index in [1.807, 2.05) is 49.4 Å². The predicted octanol–water partition coefficient (Wildman–Crippen LogP) is 4.19. The van der Waals surface area contributed by atoms with Gasteiger partial charge in [-0.25, -0.2) is 0 Å². The summed E-state index contributed by atoms with van der Waals surface area (Å²) < 4.78 is 5.18. The van der Waals surface area contributed by atoms with Gasteiger partial charge in [-0.05, 0) is 29.7 Å². The van der Waals surface area contributed by atoms with Crippen LogP contribution in [0.5, 0.6) is 0 Å². The molecule has 0 N–H and O–H groups in total. The Morgan fingerprint density at radius 3 is 1.89 bits per heavy atom. The Morgan fingerprint density at radius 2 is 1.44 bits per heavy atom. The zero-order chi connectivity index (χ0) is 12.6. The second-order valence-electron chi connectivity index (χ2n) is 3.84. The molecule has 1 nitrogen and oxygen atoms in total. The molecule has 0 aliphatic carbocycles. The lowest BCUT2D eigenvalue weighted by Gasteiger charge is -2.08. The van der Waals surface area contributed by atoms with Crippen molar-refractivity contribution in [1.29, 1.82) is 0 Å². The maximum atomic E-state index is 5.18. The van der Waals surface area contributed by atoms with Crippen molar-refractivity contribution in [3.8, 4) is 0 Å². The molecule has 0 bridgehead atoms. The number of hydrogen-bond donors (Lipinski definition) is 0. The summed E-state index contributed by atoms with van der Waals surface area (Å²) in [5, 5.41) is 0. The number of ether oxygens (including phenoxy) is 1. The Bertz CT molecular complexity index is 444. The monoisotopic (exact) mass is 236 g/mol. The summed E-state index contributed by atoms with van der Waals surface area (Å²) in [6, 6.07) is 20.5. The molecule has 0 aliphatic heterocycles. The topological polar surface area (TPSA) is 9.23 Å². The van der Waals surface area contributed by atoms with E-state index in [2.05, 4.69) is 30.9 Å². The minimum absolute atomic E-state index is 0.632. The van der Waals surface area contributed by atoms with Crippen LogP contribution in [0.25, 0.3) is 5.57 Å². The molecule has 0 heterocycles. The van der Waals surface area contributed by atoms with Gasteiger partial charge in [-0.1, -0.05) is 60.7 Å². The van der Waals surface area contributed by atoms with Crippen molar-refractivity contribution >= 4 is 5.57 Å². The van der Waals surface area contributed by atoms with Crippen LogP contribution < -0.4 is 0 Å². The summed E-state index contributed by atoms with van der Waals surface area (Å²) in [5.74, 6) is 0. The molecule has 2 aromatic rings. The Morgan fingerprint density at radius 1 is 0.944 bits per heavy atom. The summed E-state index contributed by atoms with van der Waals surface area (Å²) in [5.41, 5.74) is 3.44. The lowest BCUT2D eigenvalue weighted by atomic mass is 9.98. The van der Waals surface area contributed by atoms with E-state index in [-0.39, 0.29) is 0 Å². The second-order valence-corrected chi connectivity index (χ2v) is 3.84. The van der Waals surface area contributed by atoms with Gasteiger partial charge in [0, 0.05) is 6.61 Å². The van der Waals surface area contributed by atoms with E-state index in [0.717, 1.165) is 16.7 Å². The first-order chi connectivity index (χ1) is 8.92. The quantitative estimate of drug-likeness (QED) is 0.707. The van der Waals surface area contributed by atoms with Crippen LogP contribution in [0.15, 0.2) is 66.7 Å². The zero-order valence-electron chi connectivity index (χ0n) is 10.5. The standard InChI is InChI=1S/C17H16O/c1-2-18-14-13-17(15-9-5-3-6-10-15)16-11-7-4-8-12-16/h3-13H,2H2,1H3. The van der Waals surface area contributed by atoms with Crippen LogP contribution in [-0.4, -0.2) is 6.61 Å². The van der Waals surface area contributed by atoms with Crippen LogP contribution in [0.1, 0.15) is 18.1 Å². The van der Waals surface area contributed by atoms with E-state index < -0.39 is 0 Å². The van der Waals surface area contributed by atoms with Gasteiger partial charge in [0.25, 0.3) is 0 Å². The van der Waals surface area contributed by atoms with Crippen LogP contribution >= 0.6 is 0 Å². The number of benzene rings is 2. The molecule has 2 rings (SSSR count). The van der Waals surface area contributed by atoms with Gasteiger partial charge < -0.3 is 4.74 Å². The minimum atomic E-state index is 0.632. The summed E-state index contributed by atoms with van der Waals surface area (Å²) in [7, 11) is 0. The Hall–Kier alpha value is -1.86. The van der Waals surface area contributed by atoms with Crippen molar-refractivity contribution in [3.63, 3.8) is 0 Å². The molecule has 0 aliphatic rings. The van der Waals surface area contributed by atoms with E-state index in [4.69, 9.17) is 4.74 Å². The third-order valence-corrected chi connectivity index (χ3v) is 2.60. The third-order valence-electron chi connectivity index (χ3n) is 2.60. The molecular formula is C17H16O. The van der Waals surface area contributed by atoms with Crippen molar-refractivity contribution in [1.82, 2.24) is 0 Å².